The second kappa shape index (κ2) is 3.34. The predicted octanol–water partition coefficient (Wildman–Crippen LogP) is 1.30. The van der Waals surface area contributed by atoms with Gasteiger partial charge in [-0.15, -0.1) is 0 Å². The number of aromatic nitrogens is 3. The van der Waals surface area contributed by atoms with Crippen molar-refractivity contribution >= 4 is 11.6 Å². The molecule has 2 aromatic rings. The minimum atomic E-state index is -0.977. The number of nitrogens with zero attached hydrogens (tertiary/aromatic N) is 3. The highest BCUT2D eigenvalue weighted by molar-refractivity contribution is 5.88. The van der Waals surface area contributed by atoms with Gasteiger partial charge in [0.15, 0.2) is 5.69 Å². The van der Waals surface area contributed by atoms with Crippen molar-refractivity contribution in [3.63, 3.8) is 0 Å². The third-order valence-electron chi connectivity index (χ3n) is 2.37. The van der Waals surface area contributed by atoms with Crippen LogP contribution in [0.5, 0.6) is 0 Å². The summed E-state index contributed by atoms with van der Waals surface area (Å²) in [6.07, 6.45) is 3.98. The lowest BCUT2D eigenvalue weighted by atomic mass is 10.2. The van der Waals surface area contributed by atoms with Gasteiger partial charge in [0.2, 0.25) is 0 Å². The van der Waals surface area contributed by atoms with Gasteiger partial charge in [-0.3, -0.25) is 4.40 Å². The summed E-state index contributed by atoms with van der Waals surface area (Å²) in [6.45, 7) is 3.68. The van der Waals surface area contributed by atoms with Crippen LogP contribution in [0, 0.1) is 6.92 Å². The molecule has 0 aliphatic rings. The van der Waals surface area contributed by atoms with Gasteiger partial charge in [-0.05, 0) is 13.3 Å². The Morgan fingerprint density at radius 2 is 2.33 bits per heavy atom. The zero-order chi connectivity index (χ0) is 11.0. The monoisotopic (exact) mass is 205 g/mol. The van der Waals surface area contributed by atoms with E-state index in [9.17, 15) is 4.79 Å². The summed E-state index contributed by atoms with van der Waals surface area (Å²) >= 11 is 0. The van der Waals surface area contributed by atoms with E-state index in [1.165, 1.54) is 10.7 Å². The highest BCUT2D eigenvalue weighted by Crippen LogP contribution is 2.14. The first-order valence-corrected chi connectivity index (χ1v) is 4.70. The molecular weight excluding hydrogens is 194 g/mol. The number of carboxylic acids is 1. The van der Waals surface area contributed by atoms with Crippen LogP contribution in [0.25, 0.3) is 5.65 Å². The lowest BCUT2D eigenvalue weighted by Crippen LogP contribution is -2.04. The zero-order valence-electron chi connectivity index (χ0n) is 8.56. The van der Waals surface area contributed by atoms with Gasteiger partial charge in [-0.2, -0.15) is 0 Å². The van der Waals surface area contributed by atoms with E-state index in [2.05, 4.69) is 9.97 Å². The fraction of sp³-hybridized carbons (Fsp3) is 0.300. The molecular formula is C10H11N3O2. The Bertz CT molecular complexity index is 531. The first-order chi connectivity index (χ1) is 7.15. The molecule has 0 atom stereocenters. The smallest absolute Gasteiger partial charge is 0.354 e. The van der Waals surface area contributed by atoms with E-state index in [1.807, 2.05) is 6.92 Å². The minimum Gasteiger partial charge on any atom is -0.477 e. The van der Waals surface area contributed by atoms with Gasteiger partial charge in [0.1, 0.15) is 12.0 Å². The minimum absolute atomic E-state index is 0.188. The van der Waals surface area contributed by atoms with Crippen LogP contribution in [0.4, 0.5) is 0 Å². The second-order valence-corrected chi connectivity index (χ2v) is 3.32. The molecule has 5 nitrogen and oxygen atoms in total. The Morgan fingerprint density at radius 1 is 1.60 bits per heavy atom. The Balaban J connectivity index is 2.84. The first-order valence-electron chi connectivity index (χ1n) is 4.70. The normalized spacial score (nSPS) is 10.8. The fourth-order valence-corrected chi connectivity index (χ4v) is 1.64. The number of imidazole rings is 1. The summed E-state index contributed by atoms with van der Waals surface area (Å²) in [5.74, 6) is -0.977. The molecule has 0 saturated heterocycles. The van der Waals surface area contributed by atoms with Gasteiger partial charge >= 0.3 is 5.97 Å². The van der Waals surface area contributed by atoms with Gasteiger partial charge in [-0.25, -0.2) is 14.8 Å². The number of fused-ring (bicyclic) bond motifs is 1. The molecule has 0 bridgehead atoms. The molecule has 2 aromatic heterocycles. The highest BCUT2D eigenvalue weighted by atomic mass is 16.4. The lowest BCUT2D eigenvalue weighted by Gasteiger charge is -1.99. The highest BCUT2D eigenvalue weighted by Gasteiger charge is 2.16. The van der Waals surface area contributed by atoms with Gasteiger partial charge in [0.05, 0.1) is 5.69 Å². The average Bonchev–Trinajstić information content (AvgIpc) is 2.53. The number of carbonyl (C=O) groups is 1. The Kier molecular flexibility index (Phi) is 2.15. The van der Waals surface area contributed by atoms with Crippen molar-refractivity contribution in [2.75, 3.05) is 0 Å². The molecule has 0 spiro atoms. The maximum atomic E-state index is 11.0. The summed E-state index contributed by atoms with van der Waals surface area (Å²) in [6, 6.07) is 0. The van der Waals surface area contributed by atoms with Crippen LogP contribution in [-0.2, 0) is 6.42 Å². The SMILES string of the molecule is CCc1cncn2c(C(=O)O)c(C)nc12. The number of aromatic carboxylic acids is 1. The molecule has 1 N–H and O–H groups in total. The summed E-state index contributed by atoms with van der Waals surface area (Å²) in [7, 11) is 0. The second-order valence-electron chi connectivity index (χ2n) is 3.32. The van der Waals surface area contributed by atoms with E-state index in [0.717, 1.165) is 12.0 Å². The van der Waals surface area contributed by atoms with Gasteiger partial charge in [0.25, 0.3) is 0 Å². The molecule has 0 amide bonds. The Morgan fingerprint density at radius 3 is 2.93 bits per heavy atom. The van der Waals surface area contributed by atoms with Gasteiger partial charge in [0, 0.05) is 11.8 Å². The molecule has 0 radical (unpaired) electrons. The standard InChI is InChI=1S/C10H11N3O2/c1-3-7-4-11-5-13-8(10(14)15)6(2)12-9(7)13/h4-5H,3H2,1-2H3,(H,14,15). The average molecular weight is 205 g/mol. The molecule has 0 unspecified atom stereocenters. The zero-order valence-corrected chi connectivity index (χ0v) is 8.56. The Hall–Kier alpha value is -1.91. The van der Waals surface area contributed by atoms with E-state index in [-0.39, 0.29) is 5.69 Å². The summed E-state index contributed by atoms with van der Waals surface area (Å²) in [5, 5.41) is 9.03. The number of carboxylic acid groups (broad SMARTS) is 1. The predicted molar refractivity (Wildman–Crippen MR) is 54.1 cm³/mol. The third kappa shape index (κ3) is 1.36. The maximum absolute atomic E-state index is 11.0. The molecule has 5 heteroatoms. The lowest BCUT2D eigenvalue weighted by molar-refractivity contribution is 0.0688. The summed E-state index contributed by atoms with van der Waals surface area (Å²) in [4.78, 5) is 19.3. The van der Waals surface area contributed by atoms with E-state index in [4.69, 9.17) is 5.11 Å². The van der Waals surface area contributed by atoms with E-state index < -0.39 is 5.97 Å². The molecule has 2 heterocycles. The van der Waals surface area contributed by atoms with Crippen molar-refractivity contribution in [3.8, 4) is 0 Å². The number of rotatable bonds is 2. The molecule has 15 heavy (non-hydrogen) atoms. The number of hydrogen-bond donors (Lipinski definition) is 1. The quantitative estimate of drug-likeness (QED) is 0.802. The summed E-state index contributed by atoms with van der Waals surface area (Å²) in [5.41, 5.74) is 2.34. The Labute approximate surface area is 86.4 Å². The topological polar surface area (TPSA) is 67.5 Å². The van der Waals surface area contributed by atoms with Crippen LogP contribution in [-0.4, -0.2) is 25.4 Å². The van der Waals surface area contributed by atoms with Crippen molar-refractivity contribution < 1.29 is 9.90 Å². The van der Waals surface area contributed by atoms with Crippen LogP contribution in [0.1, 0.15) is 28.7 Å². The van der Waals surface area contributed by atoms with Gasteiger partial charge in [-0.1, -0.05) is 6.92 Å². The molecule has 0 aromatic carbocycles. The summed E-state index contributed by atoms with van der Waals surface area (Å²) < 4.78 is 1.52. The van der Waals surface area contributed by atoms with E-state index in [0.29, 0.717) is 11.3 Å². The van der Waals surface area contributed by atoms with Crippen molar-refractivity contribution in [2.24, 2.45) is 0 Å². The third-order valence-corrected chi connectivity index (χ3v) is 2.37. The van der Waals surface area contributed by atoms with Crippen LogP contribution in [0.15, 0.2) is 12.5 Å². The molecule has 78 valence electrons. The van der Waals surface area contributed by atoms with Crippen LogP contribution in [0.3, 0.4) is 0 Å². The van der Waals surface area contributed by atoms with Crippen LogP contribution < -0.4 is 0 Å². The van der Waals surface area contributed by atoms with E-state index in [1.54, 1.807) is 13.1 Å². The van der Waals surface area contributed by atoms with Gasteiger partial charge < -0.3 is 5.11 Å². The molecule has 0 fully saturated rings. The molecule has 2 rings (SSSR count). The number of hydrogen-bond acceptors (Lipinski definition) is 3. The van der Waals surface area contributed by atoms with Crippen molar-refractivity contribution in [1.29, 1.82) is 0 Å². The van der Waals surface area contributed by atoms with Crippen molar-refractivity contribution in [2.45, 2.75) is 20.3 Å². The first kappa shape index (κ1) is 9.64. The van der Waals surface area contributed by atoms with Crippen LogP contribution >= 0.6 is 0 Å². The molecule has 0 aliphatic carbocycles. The van der Waals surface area contributed by atoms with E-state index >= 15 is 0 Å². The van der Waals surface area contributed by atoms with Crippen molar-refractivity contribution in [1.82, 2.24) is 14.4 Å². The molecule has 0 aliphatic heterocycles. The fourth-order valence-electron chi connectivity index (χ4n) is 1.64. The van der Waals surface area contributed by atoms with Crippen LogP contribution in [0.2, 0.25) is 0 Å². The number of aryl methyl sites for hydroxylation is 2. The van der Waals surface area contributed by atoms with Crippen molar-refractivity contribution in [3.05, 3.63) is 29.5 Å². The molecule has 0 saturated carbocycles. The largest absolute Gasteiger partial charge is 0.477 e. The maximum Gasteiger partial charge on any atom is 0.354 e.